The predicted octanol–water partition coefficient (Wildman–Crippen LogP) is 4.91. The van der Waals surface area contributed by atoms with Gasteiger partial charge in [-0.15, -0.1) is 5.10 Å². The topological polar surface area (TPSA) is 255 Å². The van der Waals surface area contributed by atoms with Crippen molar-refractivity contribution in [3.05, 3.63) is 101 Å². The Kier molecular flexibility index (Phi) is 12.6. The van der Waals surface area contributed by atoms with Crippen molar-refractivity contribution in [3.8, 4) is 11.1 Å². The summed E-state index contributed by atoms with van der Waals surface area (Å²) in [5.74, 6) is -0.832. The van der Waals surface area contributed by atoms with E-state index in [0.717, 1.165) is 71.1 Å². The van der Waals surface area contributed by atoms with Crippen LogP contribution in [0, 0.1) is 23.2 Å². The Morgan fingerprint density at radius 1 is 0.917 bits per heavy atom. The maximum absolute atomic E-state index is 13.7. The Morgan fingerprint density at radius 3 is 2.50 bits per heavy atom. The molecule has 6 aromatic rings. The number of nitrogens with zero attached hydrogens (tertiary/aromatic N) is 8. The number of aliphatic hydroxyl groups excluding tert-OH is 4. The summed E-state index contributed by atoms with van der Waals surface area (Å²) in [7, 11) is 0. The number of para-hydroxylation sites is 1. The second kappa shape index (κ2) is 18.6. The minimum absolute atomic E-state index is 0.0435. The molecule has 1 saturated heterocycles. The predicted molar refractivity (Wildman–Crippen MR) is 267 cm³/mol. The SMILES string of the molecule is Cc1c(-c2ccc(N3CCc4cccc(C(=O)Nc5nc6ccccc6s5)c4C3)nc2C(=O)O)cnn1CC12CC3(C)CC(C)(C1)CC(OCCNCCc1cn([C@@H]4O[C@H](CO)[C@@H](O)[C@H](O)[C@H]4O)nn1)(C3)C2. The Labute approximate surface area is 420 Å². The molecule has 6 aliphatic rings. The Morgan fingerprint density at radius 2 is 1.72 bits per heavy atom. The number of benzene rings is 2. The van der Waals surface area contributed by atoms with Crippen LogP contribution in [-0.2, 0) is 35.4 Å². The molecule has 20 heteroatoms. The molecule has 2 aromatic carbocycles. The van der Waals surface area contributed by atoms with Crippen molar-refractivity contribution < 1.29 is 44.6 Å². The molecule has 0 radical (unpaired) electrons. The highest BCUT2D eigenvalue weighted by Crippen LogP contribution is 2.72. The maximum atomic E-state index is 13.7. The van der Waals surface area contributed by atoms with Crippen LogP contribution < -0.4 is 15.5 Å². The zero-order valence-corrected chi connectivity index (χ0v) is 41.5. The molecule has 19 nitrogen and oxygen atoms in total. The Balaban J connectivity index is 0.740. The van der Waals surface area contributed by atoms with Gasteiger partial charge < -0.3 is 45.2 Å². The number of rotatable bonds is 16. The van der Waals surface area contributed by atoms with Gasteiger partial charge in [-0.25, -0.2) is 19.4 Å². The van der Waals surface area contributed by atoms with Crippen LogP contribution in [0.15, 0.2) is 67.0 Å². The number of aromatic carboxylic acids is 1. The number of hydrogen-bond acceptors (Lipinski definition) is 16. The van der Waals surface area contributed by atoms with E-state index in [1.54, 1.807) is 12.4 Å². The lowest BCUT2D eigenvalue weighted by molar-refractivity contribution is -0.254. The molecule has 2 aliphatic heterocycles. The molecule has 0 spiro atoms. The molecule has 380 valence electrons. The van der Waals surface area contributed by atoms with Crippen molar-refractivity contribution in [1.82, 2.24) is 40.1 Å². The summed E-state index contributed by atoms with van der Waals surface area (Å²) in [5, 5.41) is 71.3. The average molecular weight is 1000 g/mol. The fourth-order valence-corrected chi connectivity index (χ4v) is 14.8. The summed E-state index contributed by atoms with van der Waals surface area (Å²) in [6, 6.07) is 17.3. The molecule has 72 heavy (non-hydrogen) atoms. The number of carboxylic acid groups (broad SMARTS) is 1. The van der Waals surface area contributed by atoms with Crippen LogP contribution in [0.5, 0.6) is 0 Å². The van der Waals surface area contributed by atoms with Gasteiger partial charge in [-0.05, 0) is 110 Å². The quantitative estimate of drug-likeness (QED) is 0.0636. The molecule has 1 amide bonds. The fourth-order valence-electron chi connectivity index (χ4n) is 14.0. The summed E-state index contributed by atoms with van der Waals surface area (Å²) in [5.41, 5.74) is 5.98. The monoisotopic (exact) mass is 1000 g/mol. The van der Waals surface area contributed by atoms with Gasteiger partial charge in [0.1, 0.15) is 30.2 Å². The summed E-state index contributed by atoms with van der Waals surface area (Å²) in [6.07, 6.45) is 4.30. The number of thiazole rings is 1. The summed E-state index contributed by atoms with van der Waals surface area (Å²) < 4.78 is 17.0. The van der Waals surface area contributed by atoms with E-state index in [2.05, 4.69) is 44.5 Å². The molecule has 4 bridgehead atoms. The van der Waals surface area contributed by atoms with E-state index in [4.69, 9.17) is 19.6 Å². The Hall–Kier alpha value is -5.71. The summed E-state index contributed by atoms with van der Waals surface area (Å²) in [6.45, 7) is 9.82. The molecule has 4 aromatic heterocycles. The van der Waals surface area contributed by atoms with Crippen molar-refractivity contribution in [3.63, 3.8) is 0 Å². The van der Waals surface area contributed by atoms with Crippen LogP contribution in [0.25, 0.3) is 21.3 Å². The largest absolute Gasteiger partial charge is 0.476 e. The highest BCUT2D eigenvalue weighted by Gasteiger charge is 2.66. The third-order valence-corrected chi connectivity index (χ3v) is 16.9. The zero-order chi connectivity index (χ0) is 50.2. The first kappa shape index (κ1) is 48.6. The third kappa shape index (κ3) is 9.09. The number of nitrogens with one attached hydrogen (secondary N) is 2. The van der Waals surface area contributed by atoms with Crippen molar-refractivity contribution in [2.24, 2.45) is 16.2 Å². The number of carbonyl (C=O) groups is 2. The molecule has 4 saturated carbocycles. The van der Waals surface area contributed by atoms with Crippen LogP contribution in [0.3, 0.4) is 0 Å². The molecule has 7 N–H and O–H groups in total. The number of hydrogen-bond donors (Lipinski definition) is 7. The number of fused-ring (bicyclic) bond motifs is 2. The van der Waals surface area contributed by atoms with Crippen molar-refractivity contribution in [2.75, 3.05) is 43.1 Å². The first-order valence-electron chi connectivity index (χ1n) is 24.9. The molecule has 6 heterocycles. The minimum Gasteiger partial charge on any atom is -0.476 e. The number of carboxylic acids is 1. The van der Waals surface area contributed by atoms with Crippen LogP contribution in [0.4, 0.5) is 10.9 Å². The second-order valence-corrected chi connectivity index (χ2v) is 22.9. The number of carbonyl (C=O) groups excluding carboxylic acids is 1. The van der Waals surface area contributed by atoms with E-state index >= 15 is 0 Å². The van der Waals surface area contributed by atoms with Crippen molar-refractivity contribution in [1.29, 1.82) is 0 Å². The van der Waals surface area contributed by atoms with Gasteiger partial charge in [-0.1, -0.05) is 54.7 Å². The number of ether oxygens (including phenoxy) is 2. The number of aromatic nitrogens is 7. The number of amides is 1. The Bertz CT molecular complexity index is 2980. The van der Waals surface area contributed by atoms with Gasteiger partial charge in [-0.2, -0.15) is 5.10 Å². The lowest BCUT2D eigenvalue weighted by Gasteiger charge is -2.69. The van der Waals surface area contributed by atoms with Gasteiger partial charge >= 0.3 is 5.97 Å². The standard InChI is InChI=1S/C52H62N10O9S/c1-30-35(33-11-12-40(56-41(33)47(68)69)60-17-14-31-7-6-8-34(36(31)21-60)45(67)57-48-55-37-9-4-5-10-39(37)72-48)19-54-62(30)29-51-24-49(2)23-50(3,25-51)27-52(26-49,28-51)70-18-16-53-15-13-32-20-61(59-58-32)46-44(66)43(65)42(64)38(22-63)71-46/h4-12,19-20,38,42-44,46,53,63-66H,13-18,21-29H2,1-3H3,(H,68,69)(H,55,57,67)/t38-,42-,43+,44-,46-,49?,50?,51?,52?/m1/s1. The van der Waals surface area contributed by atoms with Crippen molar-refractivity contribution >= 4 is 44.4 Å². The van der Waals surface area contributed by atoms with Gasteiger partial charge in [0.05, 0.1) is 47.1 Å². The maximum Gasteiger partial charge on any atom is 0.355 e. The molecular weight excluding hydrogens is 941 g/mol. The number of aliphatic hydroxyl groups is 4. The lowest BCUT2D eigenvalue weighted by Crippen LogP contribution is -2.64. The van der Waals surface area contributed by atoms with E-state index in [9.17, 15) is 35.1 Å². The molecule has 12 rings (SSSR count). The number of pyridine rings is 1. The minimum atomic E-state index is -1.50. The molecule has 7 atom stereocenters. The van der Waals surface area contributed by atoms with Gasteiger partial charge in [0.15, 0.2) is 17.1 Å². The zero-order valence-electron chi connectivity index (χ0n) is 40.7. The van der Waals surface area contributed by atoms with Crippen LogP contribution >= 0.6 is 11.3 Å². The average Bonchev–Trinajstić information content (AvgIpc) is 4.08. The smallest absolute Gasteiger partial charge is 0.355 e. The van der Waals surface area contributed by atoms with E-state index in [1.165, 1.54) is 16.0 Å². The van der Waals surface area contributed by atoms with Crippen LogP contribution in [0.1, 0.15) is 102 Å². The van der Waals surface area contributed by atoms with Crippen molar-refractivity contribution in [2.45, 2.75) is 121 Å². The molecule has 2 unspecified atom stereocenters. The van der Waals surface area contributed by atoms with E-state index in [1.807, 2.05) is 66.4 Å². The van der Waals surface area contributed by atoms with Crippen LogP contribution in [-0.4, -0.2) is 135 Å². The number of anilines is 2. The highest BCUT2D eigenvalue weighted by molar-refractivity contribution is 7.22. The lowest BCUT2D eigenvalue weighted by atomic mass is 9.39. The third-order valence-electron chi connectivity index (χ3n) is 15.9. The van der Waals surface area contributed by atoms with Gasteiger partial charge in [0.25, 0.3) is 5.91 Å². The highest BCUT2D eigenvalue weighted by atomic mass is 32.1. The molecule has 4 aliphatic carbocycles. The van der Waals surface area contributed by atoms with Gasteiger partial charge in [0.2, 0.25) is 0 Å². The van der Waals surface area contributed by atoms with Gasteiger partial charge in [-0.3, -0.25) is 14.8 Å². The first-order chi connectivity index (χ1) is 34.5. The van der Waals surface area contributed by atoms with E-state index < -0.39 is 43.2 Å². The second-order valence-electron chi connectivity index (χ2n) is 21.9. The summed E-state index contributed by atoms with van der Waals surface area (Å²) >= 11 is 1.43. The van der Waals surface area contributed by atoms with E-state index in [0.29, 0.717) is 79.9 Å². The fraction of sp³-hybridized carbons (Fsp3) is 0.519. The molecular formula is C52H62N10O9S. The first-order valence-corrected chi connectivity index (χ1v) is 25.7. The normalized spacial score (nSPS) is 29.7. The van der Waals surface area contributed by atoms with Crippen LogP contribution in [0.2, 0.25) is 0 Å². The molecule has 5 fully saturated rings. The van der Waals surface area contributed by atoms with E-state index in [-0.39, 0.29) is 33.4 Å². The van der Waals surface area contributed by atoms with Gasteiger partial charge in [0, 0.05) is 61.5 Å². The summed E-state index contributed by atoms with van der Waals surface area (Å²) in [4.78, 5) is 38.1.